The summed E-state index contributed by atoms with van der Waals surface area (Å²) >= 11 is 0. The van der Waals surface area contributed by atoms with E-state index in [9.17, 15) is 9.18 Å². The predicted octanol–water partition coefficient (Wildman–Crippen LogP) is 4.45. The molecule has 4 nitrogen and oxygen atoms in total. The Hall–Kier alpha value is -2.66. The van der Waals surface area contributed by atoms with E-state index in [1.54, 1.807) is 6.07 Å². The minimum atomic E-state index is -0.275. The number of hydrogen-bond donors (Lipinski definition) is 2. The van der Waals surface area contributed by atoms with Crippen LogP contribution in [0.2, 0.25) is 0 Å². The van der Waals surface area contributed by atoms with E-state index in [4.69, 9.17) is 4.74 Å². The highest BCUT2D eigenvalue weighted by Crippen LogP contribution is 2.31. The lowest BCUT2D eigenvalue weighted by molar-refractivity contribution is -0.121. The van der Waals surface area contributed by atoms with Crippen molar-refractivity contribution in [3.8, 4) is 11.3 Å². The summed E-state index contributed by atoms with van der Waals surface area (Å²) in [5.74, 6) is -0.279. The normalized spacial score (nSPS) is 11.0. The molecule has 0 saturated heterocycles. The number of ether oxygens (including phenoxy) is 1. The molecule has 2 aromatic carbocycles. The molecule has 0 spiro atoms. The maximum atomic E-state index is 13.8. The van der Waals surface area contributed by atoms with Gasteiger partial charge in [-0.15, -0.1) is 0 Å². The molecule has 0 bridgehead atoms. The van der Waals surface area contributed by atoms with Gasteiger partial charge in [-0.1, -0.05) is 30.3 Å². The summed E-state index contributed by atoms with van der Waals surface area (Å²) < 4.78 is 19.1. The molecule has 0 aliphatic heterocycles. The van der Waals surface area contributed by atoms with Crippen LogP contribution in [0.4, 0.5) is 4.39 Å². The van der Waals surface area contributed by atoms with Crippen LogP contribution >= 0.6 is 0 Å². The Morgan fingerprint density at radius 1 is 1.19 bits per heavy atom. The summed E-state index contributed by atoms with van der Waals surface area (Å²) in [6.07, 6.45) is 1.70. The number of carbonyl (C=O) groups is 1. The first-order valence-corrected chi connectivity index (χ1v) is 9.39. The largest absolute Gasteiger partial charge is 0.382 e. The van der Waals surface area contributed by atoms with E-state index >= 15 is 0 Å². The summed E-state index contributed by atoms with van der Waals surface area (Å²) in [7, 11) is 0. The van der Waals surface area contributed by atoms with Gasteiger partial charge in [0, 0.05) is 42.8 Å². The van der Waals surface area contributed by atoms with Gasteiger partial charge in [-0.3, -0.25) is 4.79 Å². The quantitative estimate of drug-likeness (QED) is 0.548. The number of aryl methyl sites for hydroxylation is 1. The van der Waals surface area contributed by atoms with Gasteiger partial charge >= 0.3 is 0 Å². The average Bonchev–Trinajstić information content (AvgIpc) is 3.04. The van der Waals surface area contributed by atoms with E-state index in [1.807, 2.05) is 37.3 Å². The van der Waals surface area contributed by atoms with Gasteiger partial charge in [0.05, 0.1) is 0 Å². The van der Waals surface area contributed by atoms with E-state index in [0.29, 0.717) is 32.6 Å². The number of benzene rings is 2. The maximum absolute atomic E-state index is 13.8. The molecular weight excluding hydrogens is 343 g/mol. The van der Waals surface area contributed by atoms with E-state index in [1.165, 1.54) is 12.1 Å². The smallest absolute Gasteiger partial charge is 0.220 e. The van der Waals surface area contributed by atoms with Crippen LogP contribution < -0.4 is 5.32 Å². The van der Waals surface area contributed by atoms with Crippen LogP contribution in [0, 0.1) is 5.82 Å². The van der Waals surface area contributed by atoms with Crippen molar-refractivity contribution in [2.75, 3.05) is 19.8 Å². The van der Waals surface area contributed by atoms with Crippen LogP contribution in [0.25, 0.3) is 22.2 Å². The number of hydrogen-bond acceptors (Lipinski definition) is 2. The number of halogens is 1. The summed E-state index contributed by atoms with van der Waals surface area (Å²) in [6.45, 7) is 3.89. The van der Waals surface area contributed by atoms with E-state index < -0.39 is 0 Å². The van der Waals surface area contributed by atoms with Crippen molar-refractivity contribution >= 4 is 16.8 Å². The molecule has 142 valence electrons. The minimum absolute atomic E-state index is 0.00346. The highest BCUT2D eigenvalue weighted by molar-refractivity contribution is 5.91. The molecule has 2 N–H and O–H groups in total. The Kier molecular flexibility index (Phi) is 6.60. The Labute approximate surface area is 158 Å². The molecule has 0 aliphatic rings. The molecule has 0 fully saturated rings. The number of carbonyl (C=O) groups excluding carboxylic acids is 1. The SMILES string of the molecule is CCOCCCNC(=O)CCc1c(-c2ccccc2)[nH]c2ccc(F)cc12. The molecule has 0 atom stereocenters. The Bertz CT molecular complexity index is 890. The first kappa shape index (κ1) is 19.1. The highest BCUT2D eigenvalue weighted by Gasteiger charge is 2.15. The molecule has 3 rings (SSSR count). The topological polar surface area (TPSA) is 54.1 Å². The zero-order chi connectivity index (χ0) is 19.1. The number of amides is 1. The molecule has 1 amide bonds. The molecule has 5 heteroatoms. The summed E-state index contributed by atoms with van der Waals surface area (Å²) in [5.41, 5.74) is 3.82. The third-order valence-corrected chi connectivity index (χ3v) is 4.52. The molecule has 3 aromatic rings. The van der Waals surface area contributed by atoms with Crippen LogP contribution in [0.15, 0.2) is 48.5 Å². The van der Waals surface area contributed by atoms with Gasteiger partial charge in [-0.25, -0.2) is 4.39 Å². The lowest BCUT2D eigenvalue weighted by Gasteiger charge is -2.07. The summed E-state index contributed by atoms with van der Waals surface area (Å²) in [6, 6.07) is 14.6. The first-order chi connectivity index (χ1) is 13.2. The molecule has 0 saturated carbocycles. The fraction of sp³-hybridized carbons (Fsp3) is 0.318. The van der Waals surface area contributed by atoms with Crippen LogP contribution in [0.3, 0.4) is 0 Å². The number of nitrogens with one attached hydrogen (secondary N) is 2. The van der Waals surface area contributed by atoms with Gasteiger partial charge < -0.3 is 15.0 Å². The van der Waals surface area contributed by atoms with Crippen LogP contribution in [0.5, 0.6) is 0 Å². The zero-order valence-corrected chi connectivity index (χ0v) is 15.6. The molecule has 0 unspecified atom stereocenters. The fourth-order valence-electron chi connectivity index (χ4n) is 3.20. The second-order valence-electron chi connectivity index (χ2n) is 6.43. The molecule has 0 radical (unpaired) electrons. The van der Waals surface area contributed by atoms with E-state index in [0.717, 1.165) is 34.1 Å². The Morgan fingerprint density at radius 2 is 2.00 bits per heavy atom. The third kappa shape index (κ3) is 4.95. The number of aromatic amines is 1. The molecule has 1 aromatic heterocycles. The monoisotopic (exact) mass is 368 g/mol. The van der Waals surface area contributed by atoms with E-state index in [2.05, 4.69) is 10.3 Å². The second-order valence-corrected chi connectivity index (χ2v) is 6.43. The Morgan fingerprint density at radius 3 is 2.78 bits per heavy atom. The summed E-state index contributed by atoms with van der Waals surface area (Å²) in [5, 5.41) is 3.75. The van der Waals surface area contributed by atoms with Gasteiger partial charge in [-0.2, -0.15) is 0 Å². The highest BCUT2D eigenvalue weighted by atomic mass is 19.1. The van der Waals surface area contributed by atoms with Gasteiger partial charge in [0.15, 0.2) is 0 Å². The van der Waals surface area contributed by atoms with Crippen LogP contribution in [-0.4, -0.2) is 30.6 Å². The van der Waals surface area contributed by atoms with Gasteiger partial charge in [0.1, 0.15) is 5.82 Å². The third-order valence-electron chi connectivity index (χ3n) is 4.52. The van der Waals surface area contributed by atoms with Crippen LogP contribution in [0.1, 0.15) is 25.3 Å². The van der Waals surface area contributed by atoms with Crippen molar-refractivity contribution in [1.82, 2.24) is 10.3 Å². The number of aromatic nitrogens is 1. The van der Waals surface area contributed by atoms with Crippen LogP contribution in [-0.2, 0) is 16.0 Å². The predicted molar refractivity (Wildman–Crippen MR) is 106 cm³/mol. The molecule has 1 heterocycles. The zero-order valence-electron chi connectivity index (χ0n) is 15.6. The number of fused-ring (bicyclic) bond motifs is 1. The summed E-state index contributed by atoms with van der Waals surface area (Å²) in [4.78, 5) is 15.6. The van der Waals surface area contributed by atoms with Gasteiger partial charge in [0.25, 0.3) is 0 Å². The van der Waals surface area contributed by atoms with Gasteiger partial charge in [0.2, 0.25) is 5.91 Å². The Balaban J connectivity index is 1.74. The van der Waals surface area contributed by atoms with Crippen molar-refractivity contribution < 1.29 is 13.9 Å². The van der Waals surface area contributed by atoms with Crippen molar-refractivity contribution in [2.45, 2.75) is 26.2 Å². The molecule has 27 heavy (non-hydrogen) atoms. The number of H-pyrrole nitrogens is 1. The standard InChI is InChI=1S/C22H25FN2O2/c1-2-27-14-6-13-24-21(26)12-10-18-19-15-17(23)9-11-20(19)25-22(18)16-7-4-3-5-8-16/h3-5,7-9,11,15,25H,2,6,10,12-14H2,1H3,(H,24,26). The molecular formula is C22H25FN2O2. The lowest BCUT2D eigenvalue weighted by Crippen LogP contribution is -2.25. The average molecular weight is 368 g/mol. The maximum Gasteiger partial charge on any atom is 0.220 e. The van der Waals surface area contributed by atoms with Crippen molar-refractivity contribution in [3.05, 3.63) is 59.9 Å². The first-order valence-electron chi connectivity index (χ1n) is 9.39. The fourth-order valence-corrected chi connectivity index (χ4v) is 3.20. The molecule has 0 aliphatic carbocycles. The van der Waals surface area contributed by atoms with Crippen molar-refractivity contribution in [3.63, 3.8) is 0 Å². The minimum Gasteiger partial charge on any atom is -0.382 e. The van der Waals surface area contributed by atoms with Crippen molar-refractivity contribution in [2.24, 2.45) is 0 Å². The van der Waals surface area contributed by atoms with Crippen molar-refractivity contribution in [1.29, 1.82) is 0 Å². The number of rotatable bonds is 9. The lowest BCUT2D eigenvalue weighted by atomic mass is 10.0. The second kappa shape index (κ2) is 9.33. The van der Waals surface area contributed by atoms with E-state index in [-0.39, 0.29) is 11.7 Å². The van der Waals surface area contributed by atoms with Gasteiger partial charge in [-0.05, 0) is 49.1 Å².